The fourth-order valence-electron chi connectivity index (χ4n) is 3.18. The van der Waals surface area contributed by atoms with Crippen molar-refractivity contribution in [1.82, 2.24) is 0 Å². The first-order valence-electron chi connectivity index (χ1n) is 6.28. The highest BCUT2D eigenvalue weighted by atomic mass is 16.5. The lowest BCUT2D eigenvalue weighted by atomic mass is 9.97. The molecule has 0 aromatic rings. The molecule has 2 nitrogen and oxygen atoms in total. The van der Waals surface area contributed by atoms with E-state index in [0.717, 1.165) is 24.9 Å². The van der Waals surface area contributed by atoms with Crippen molar-refractivity contribution < 1.29 is 9.53 Å². The van der Waals surface area contributed by atoms with E-state index in [9.17, 15) is 4.79 Å². The topological polar surface area (TPSA) is 26.3 Å². The summed E-state index contributed by atoms with van der Waals surface area (Å²) in [5.74, 6) is 2.68. The van der Waals surface area contributed by atoms with Crippen LogP contribution in [0.15, 0.2) is 0 Å². The van der Waals surface area contributed by atoms with Crippen LogP contribution in [0.4, 0.5) is 0 Å². The van der Waals surface area contributed by atoms with Crippen molar-refractivity contribution in [2.24, 2.45) is 23.7 Å². The minimum Gasteiger partial charge on any atom is -0.385 e. The number of ketones is 1. The fourth-order valence-corrected chi connectivity index (χ4v) is 3.18. The van der Waals surface area contributed by atoms with Crippen LogP contribution in [-0.2, 0) is 9.53 Å². The zero-order valence-corrected chi connectivity index (χ0v) is 9.87. The summed E-state index contributed by atoms with van der Waals surface area (Å²) in [5, 5.41) is 0. The van der Waals surface area contributed by atoms with E-state index in [1.165, 1.54) is 25.7 Å². The van der Waals surface area contributed by atoms with Crippen LogP contribution in [-0.4, -0.2) is 19.5 Å². The number of carbonyl (C=O) groups excluding carboxylic acids is 1. The third-order valence-electron chi connectivity index (χ3n) is 4.23. The molecule has 0 aliphatic heterocycles. The molecule has 0 amide bonds. The molecule has 15 heavy (non-hydrogen) atoms. The highest BCUT2D eigenvalue weighted by Gasteiger charge is 2.54. The molecule has 2 fully saturated rings. The molecule has 0 heterocycles. The van der Waals surface area contributed by atoms with E-state index in [2.05, 4.69) is 6.92 Å². The average Bonchev–Trinajstić information content (AvgIpc) is 2.99. The Morgan fingerprint density at radius 1 is 1.33 bits per heavy atom. The highest BCUT2D eigenvalue weighted by molar-refractivity contribution is 5.86. The minimum absolute atomic E-state index is 0.209. The average molecular weight is 210 g/mol. The lowest BCUT2D eigenvalue weighted by Crippen LogP contribution is -2.16. The molecule has 86 valence electrons. The standard InChI is InChI=1S/C13H22O2/c1-9(7-8-15-2)13(14)12-10-5-3-4-6-11(10)12/h9-12H,3-8H2,1-2H3. The minimum atomic E-state index is 0.209. The van der Waals surface area contributed by atoms with Crippen LogP contribution >= 0.6 is 0 Å². The second-order valence-electron chi connectivity index (χ2n) is 5.22. The maximum absolute atomic E-state index is 12.1. The van der Waals surface area contributed by atoms with Gasteiger partial charge in [-0.1, -0.05) is 19.8 Å². The molecule has 2 aliphatic rings. The third-order valence-corrected chi connectivity index (χ3v) is 4.23. The number of rotatable bonds is 5. The van der Waals surface area contributed by atoms with Gasteiger partial charge in [-0.25, -0.2) is 0 Å². The number of hydrogen-bond acceptors (Lipinski definition) is 2. The molecule has 0 bridgehead atoms. The summed E-state index contributed by atoms with van der Waals surface area (Å²) in [5.41, 5.74) is 0. The van der Waals surface area contributed by atoms with Gasteiger partial charge in [-0.2, -0.15) is 0 Å². The normalized spacial score (nSPS) is 35.7. The van der Waals surface area contributed by atoms with Crippen LogP contribution in [0.3, 0.4) is 0 Å². The van der Waals surface area contributed by atoms with E-state index < -0.39 is 0 Å². The van der Waals surface area contributed by atoms with E-state index in [-0.39, 0.29) is 5.92 Å². The number of Topliss-reactive ketones (excluding diaryl/α,β-unsaturated/α-hetero) is 1. The molecule has 2 heteroatoms. The third kappa shape index (κ3) is 2.25. The Labute approximate surface area is 92.4 Å². The summed E-state index contributed by atoms with van der Waals surface area (Å²) in [7, 11) is 1.70. The first kappa shape index (κ1) is 11.1. The number of hydrogen-bond donors (Lipinski definition) is 0. The lowest BCUT2D eigenvalue weighted by Gasteiger charge is -2.09. The number of carbonyl (C=O) groups is 1. The van der Waals surface area contributed by atoms with Gasteiger partial charge in [-0.3, -0.25) is 4.79 Å². The van der Waals surface area contributed by atoms with Gasteiger partial charge < -0.3 is 4.74 Å². The molecule has 0 spiro atoms. The summed E-state index contributed by atoms with van der Waals surface area (Å²) in [6, 6.07) is 0. The van der Waals surface area contributed by atoms with Crippen molar-refractivity contribution in [2.75, 3.05) is 13.7 Å². The molecular formula is C13H22O2. The smallest absolute Gasteiger partial charge is 0.139 e. The van der Waals surface area contributed by atoms with Gasteiger partial charge in [-0.15, -0.1) is 0 Å². The highest BCUT2D eigenvalue weighted by Crippen LogP contribution is 2.56. The maximum Gasteiger partial charge on any atom is 0.139 e. The van der Waals surface area contributed by atoms with Crippen LogP contribution in [0.2, 0.25) is 0 Å². The lowest BCUT2D eigenvalue weighted by molar-refractivity contribution is -0.124. The van der Waals surface area contributed by atoms with Crippen molar-refractivity contribution in [2.45, 2.75) is 39.0 Å². The zero-order chi connectivity index (χ0) is 10.8. The Morgan fingerprint density at radius 3 is 2.47 bits per heavy atom. The van der Waals surface area contributed by atoms with Gasteiger partial charge in [0, 0.05) is 25.6 Å². The van der Waals surface area contributed by atoms with Gasteiger partial charge in [0.2, 0.25) is 0 Å². The molecule has 3 atom stereocenters. The Bertz CT molecular complexity index is 225. The van der Waals surface area contributed by atoms with Crippen molar-refractivity contribution >= 4 is 5.78 Å². The SMILES string of the molecule is COCCC(C)C(=O)C1C2CCCCC21. The summed E-state index contributed by atoms with van der Waals surface area (Å²) < 4.78 is 5.03. The van der Waals surface area contributed by atoms with Crippen molar-refractivity contribution in [3.05, 3.63) is 0 Å². The Morgan fingerprint density at radius 2 is 1.93 bits per heavy atom. The van der Waals surface area contributed by atoms with Crippen LogP contribution < -0.4 is 0 Å². The van der Waals surface area contributed by atoms with Gasteiger partial charge in [-0.05, 0) is 31.1 Å². The summed E-state index contributed by atoms with van der Waals surface area (Å²) >= 11 is 0. The van der Waals surface area contributed by atoms with Crippen LogP contribution in [0.1, 0.15) is 39.0 Å². The molecule has 0 aromatic carbocycles. The molecule has 0 saturated heterocycles. The molecule has 2 saturated carbocycles. The summed E-state index contributed by atoms with van der Waals surface area (Å²) in [6.45, 7) is 2.78. The van der Waals surface area contributed by atoms with Crippen molar-refractivity contribution in [3.63, 3.8) is 0 Å². The zero-order valence-electron chi connectivity index (χ0n) is 9.87. The molecule has 3 unspecified atom stereocenters. The van der Waals surface area contributed by atoms with E-state index in [1.54, 1.807) is 7.11 Å². The first-order chi connectivity index (χ1) is 7.25. The Balaban J connectivity index is 1.81. The van der Waals surface area contributed by atoms with Crippen molar-refractivity contribution in [3.8, 4) is 0 Å². The molecule has 2 rings (SSSR count). The Hall–Kier alpha value is -0.370. The number of ether oxygens (including phenoxy) is 1. The second-order valence-corrected chi connectivity index (χ2v) is 5.22. The van der Waals surface area contributed by atoms with Gasteiger partial charge >= 0.3 is 0 Å². The van der Waals surface area contributed by atoms with Gasteiger partial charge in [0.15, 0.2) is 0 Å². The quantitative estimate of drug-likeness (QED) is 0.697. The largest absolute Gasteiger partial charge is 0.385 e. The van der Waals surface area contributed by atoms with Crippen molar-refractivity contribution in [1.29, 1.82) is 0 Å². The monoisotopic (exact) mass is 210 g/mol. The predicted octanol–water partition coefficient (Wildman–Crippen LogP) is 2.66. The Kier molecular flexibility index (Phi) is 3.45. The second kappa shape index (κ2) is 4.65. The van der Waals surface area contributed by atoms with Crippen LogP contribution in [0, 0.1) is 23.7 Å². The van der Waals surface area contributed by atoms with E-state index in [1.807, 2.05) is 0 Å². The number of methoxy groups -OCH3 is 1. The van der Waals surface area contributed by atoms with Crippen LogP contribution in [0.5, 0.6) is 0 Å². The predicted molar refractivity (Wildman–Crippen MR) is 59.6 cm³/mol. The molecule has 2 aliphatic carbocycles. The van der Waals surface area contributed by atoms with E-state index >= 15 is 0 Å². The van der Waals surface area contributed by atoms with E-state index in [0.29, 0.717) is 11.7 Å². The number of fused-ring (bicyclic) bond motifs is 1. The van der Waals surface area contributed by atoms with Gasteiger partial charge in [0.05, 0.1) is 0 Å². The van der Waals surface area contributed by atoms with Crippen LogP contribution in [0.25, 0.3) is 0 Å². The van der Waals surface area contributed by atoms with Gasteiger partial charge in [0.1, 0.15) is 5.78 Å². The fraction of sp³-hybridized carbons (Fsp3) is 0.923. The van der Waals surface area contributed by atoms with E-state index in [4.69, 9.17) is 4.74 Å². The first-order valence-corrected chi connectivity index (χ1v) is 6.28. The molecule has 0 N–H and O–H groups in total. The molecule has 0 aromatic heterocycles. The van der Waals surface area contributed by atoms with Gasteiger partial charge in [0.25, 0.3) is 0 Å². The maximum atomic E-state index is 12.1. The summed E-state index contributed by atoms with van der Waals surface area (Å²) in [6.07, 6.45) is 6.19. The molecular weight excluding hydrogens is 188 g/mol. The molecule has 0 radical (unpaired) electrons. The summed E-state index contributed by atoms with van der Waals surface area (Å²) in [4.78, 5) is 12.1.